The normalized spacial score (nSPS) is 19.5. The molecule has 21 heavy (non-hydrogen) atoms. The monoisotopic (exact) mass is 309 g/mol. The van der Waals surface area contributed by atoms with Gasteiger partial charge >= 0.3 is 0 Å². The minimum Gasteiger partial charge on any atom is -0.313 e. The van der Waals surface area contributed by atoms with Crippen molar-refractivity contribution < 1.29 is 8.42 Å². The number of likely N-dealkylation sites (N-methyl/N-ethyl adjacent to an activating group) is 1. The minimum atomic E-state index is -2.92. The van der Waals surface area contributed by atoms with Gasteiger partial charge in [-0.3, -0.25) is 0 Å². The summed E-state index contributed by atoms with van der Waals surface area (Å²) in [6.45, 7) is 2.98. The average molecular weight is 309 g/mol. The molecule has 1 N–H and O–H groups in total. The Morgan fingerprint density at radius 3 is 2.33 bits per heavy atom. The van der Waals surface area contributed by atoms with E-state index in [1.54, 1.807) is 0 Å². The molecule has 1 saturated carbocycles. The Hall–Kier alpha value is -0.870. The highest BCUT2D eigenvalue weighted by molar-refractivity contribution is 7.90. The second-order valence-corrected chi connectivity index (χ2v) is 8.52. The van der Waals surface area contributed by atoms with Crippen molar-refractivity contribution in [1.82, 2.24) is 5.32 Å². The zero-order valence-electron chi connectivity index (χ0n) is 13.1. The Morgan fingerprint density at radius 2 is 1.81 bits per heavy atom. The van der Waals surface area contributed by atoms with Gasteiger partial charge in [0.15, 0.2) is 0 Å². The maximum atomic E-state index is 11.6. The molecule has 0 radical (unpaired) electrons. The van der Waals surface area contributed by atoms with Gasteiger partial charge in [0.05, 0.1) is 5.75 Å². The number of hydrogen-bond donors (Lipinski definition) is 1. The van der Waals surface area contributed by atoms with Gasteiger partial charge in [0, 0.05) is 17.7 Å². The summed E-state index contributed by atoms with van der Waals surface area (Å²) in [5, 5.41) is 3.57. The van der Waals surface area contributed by atoms with Crippen molar-refractivity contribution in [1.29, 1.82) is 0 Å². The SMILES string of the molecule is CCNC(CCS(C)(=O)=O)C1(c2ccccc2)CCCC1. The van der Waals surface area contributed by atoms with Crippen LogP contribution in [0.5, 0.6) is 0 Å². The van der Waals surface area contributed by atoms with Gasteiger partial charge in [-0.2, -0.15) is 0 Å². The van der Waals surface area contributed by atoms with Crippen LogP contribution in [0.1, 0.15) is 44.6 Å². The Balaban J connectivity index is 2.28. The van der Waals surface area contributed by atoms with Crippen molar-refractivity contribution in [3.05, 3.63) is 35.9 Å². The summed E-state index contributed by atoms with van der Waals surface area (Å²) in [5.41, 5.74) is 1.46. The van der Waals surface area contributed by atoms with Gasteiger partial charge in [0.2, 0.25) is 0 Å². The maximum absolute atomic E-state index is 11.6. The molecule has 1 aromatic carbocycles. The van der Waals surface area contributed by atoms with Crippen molar-refractivity contribution in [2.45, 2.75) is 50.5 Å². The van der Waals surface area contributed by atoms with E-state index >= 15 is 0 Å². The van der Waals surface area contributed by atoms with Crippen LogP contribution in [0.3, 0.4) is 0 Å². The van der Waals surface area contributed by atoms with Crippen LogP contribution in [0.4, 0.5) is 0 Å². The van der Waals surface area contributed by atoms with Crippen LogP contribution in [-0.4, -0.2) is 33.0 Å². The lowest BCUT2D eigenvalue weighted by atomic mass is 9.71. The lowest BCUT2D eigenvalue weighted by Crippen LogP contribution is -2.47. The third-order valence-corrected chi connectivity index (χ3v) is 5.72. The molecule has 0 aliphatic heterocycles. The van der Waals surface area contributed by atoms with E-state index in [-0.39, 0.29) is 17.2 Å². The fourth-order valence-corrected chi connectivity index (χ4v) is 4.43. The predicted molar refractivity (Wildman–Crippen MR) is 88.4 cm³/mol. The summed E-state index contributed by atoms with van der Waals surface area (Å²) in [7, 11) is -2.92. The molecule has 118 valence electrons. The number of nitrogens with one attached hydrogen (secondary N) is 1. The third kappa shape index (κ3) is 4.07. The Morgan fingerprint density at radius 1 is 1.19 bits per heavy atom. The lowest BCUT2D eigenvalue weighted by Gasteiger charge is -2.39. The average Bonchev–Trinajstić information content (AvgIpc) is 2.94. The molecule has 0 amide bonds. The molecule has 0 saturated heterocycles. The van der Waals surface area contributed by atoms with Gasteiger partial charge in [0.25, 0.3) is 0 Å². The van der Waals surface area contributed by atoms with Crippen molar-refractivity contribution in [3.63, 3.8) is 0 Å². The molecule has 4 heteroatoms. The first kappa shape index (κ1) is 16.5. The molecule has 1 atom stereocenters. The van der Waals surface area contributed by atoms with E-state index in [2.05, 4.69) is 36.5 Å². The van der Waals surface area contributed by atoms with E-state index < -0.39 is 9.84 Å². The highest BCUT2D eigenvalue weighted by Crippen LogP contribution is 2.44. The molecule has 3 nitrogen and oxygen atoms in total. The smallest absolute Gasteiger partial charge is 0.147 e. The maximum Gasteiger partial charge on any atom is 0.147 e. The van der Waals surface area contributed by atoms with Crippen LogP contribution in [0, 0.1) is 0 Å². The fourth-order valence-electron chi connectivity index (χ4n) is 3.77. The molecule has 1 aliphatic carbocycles. The van der Waals surface area contributed by atoms with E-state index in [0.29, 0.717) is 6.42 Å². The van der Waals surface area contributed by atoms with Crippen LogP contribution in [0.15, 0.2) is 30.3 Å². The number of rotatable bonds is 7. The largest absolute Gasteiger partial charge is 0.313 e. The number of hydrogen-bond acceptors (Lipinski definition) is 3. The van der Waals surface area contributed by atoms with Crippen LogP contribution in [-0.2, 0) is 15.3 Å². The summed E-state index contributed by atoms with van der Waals surface area (Å²) < 4.78 is 23.1. The first-order chi connectivity index (χ1) is 9.98. The molecule has 2 rings (SSSR count). The molecular formula is C17H27NO2S. The van der Waals surface area contributed by atoms with Gasteiger partial charge in [-0.1, -0.05) is 50.1 Å². The third-order valence-electron chi connectivity index (χ3n) is 4.74. The van der Waals surface area contributed by atoms with E-state index in [1.165, 1.54) is 24.7 Å². The van der Waals surface area contributed by atoms with Gasteiger partial charge < -0.3 is 5.32 Å². The zero-order chi connectivity index (χ0) is 15.3. The predicted octanol–water partition coefficient (Wildman–Crippen LogP) is 2.91. The number of sulfone groups is 1. The van der Waals surface area contributed by atoms with Crippen LogP contribution in [0.25, 0.3) is 0 Å². The second kappa shape index (κ2) is 6.93. The molecule has 1 fully saturated rings. The van der Waals surface area contributed by atoms with Crippen molar-refractivity contribution >= 4 is 9.84 Å². The van der Waals surface area contributed by atoms with Gasteiger partial charge in [-0.05, 0) is 31.4 Å². The van der Waals surface area contributed by atoms with E-state index in [0.717, 1.165) is 19.4 Å². The zero-order valence-corrected chi connectivity index (χ0v) is 14.0. The summed E-state index contributed by atoms with van der Waals surface area (Å²) in [6.07, 6.45) is 6.80. The molecule has 0 heterocycles. The fraction of sp³-hybridized carbons (Fsp3) is 0.647. The molecule has 1 aromatic rings. The van der Waals surface area contributed by atoms with Gasteiger partial charge in [-0.25, -0.2) is 8.42 Å². The van der Waals surface area contributed by atoms with Crippen LogP contribution < -0.4 is 5.32 Å². The number of benzene rings is 1. The summed E-state index contributed by atoms with van der Waals surface area (Å²) >= 11 is 0. The van der Waals surface area contributed by atoms with Crippen LogP contribution >= 0.6 is 0 Å². The summed E-state index contributed by atoms with van der Waals surface area (Å²) in [4.78, 5) is 0. The Bertz CT molecular complexity index is 533. The first-order valence-corrected chi connectivity index (χ1v) is 10.0. The van der Waals surface area contributed by atoms with Crippen LogP contribution in [0.2, 0.25) is 0 Å². The topological polar surface area (TPSA) is 46.2 Å². The van der Waals surface area contributed by atoms with Crippen molar-refractivity contribution in [2.75, 3.05) is 18.6 Å². The van der Waals surface area contributed by atoms with E-state index in [4.69, 9.17) is 0 Å². The highest BCUT2D eigenvalue weighted by atomic mass is 32.2. The lowest BCUT2D eigenvalue weighted by molar-refractivity contribution is 0.292. The quantitative estimate of drug-likeness (QED) is 0.842. The van der Waals surface area contributed by atoms with Crippen molar-refractivity contribution in [3.8, 4) is 0 Å². The summed E-state index contributed by atoms with van der Waals surface area (Å²) in [5.74, 6) is 0.263. The molecule has 0 bridgehead atoms. The standard InChI is InChI=1S/C17H27NO2S/c1-3-18-16(11-14-21(2,19)20)17(12-7-8-13-17)15-9-5-4-6-10-15/h4-6,9-10,16,18H,3,7-8,11-14H2,1-2H3. The van der Waals surface area contributed by atoms with Crippen molar-refractivity contribution in [2.24, 2.45) is 0 Å². The first-order valence-electron chi connectivity index (χ1n) is 7.94. The van der Waals surface area contributed by atoms with Gasteiger partial charge in [0.1, 0.15) is 9.84 Å². The Labute approximate surface area is 129 Å². The molecule has 1 unspecified atom stereocenters. The highest BCUT2D eigenvalue weighted by Gasteiger charge is 2.42. The van der Waals surface area contributed by atoms with E-state index in [9.17, 15) is 8.42 Å². The molecule has 0 aromatic heterocycles. The second-order valence-electron chi connectivity index (χ2n) is 6.26. The summed E-state index contributed by atoms with van der Waals surface area (Å²) in [6, 6.07) is 10.9. The Kier molecular flexibility index (Phi) is 5.44. The minimum absolute atomic E-state index is 0.0992. The molecule has 0 spiro atoms. The van der Waals surface area contributed by atoms with Gasteiger partial charge in [-0.15, -0.1) is 0 Å². The molecule has 1 aliphatic rings. The van der Waals surface area contributed by atoms with E-state index in [1.807, 2.05) is 6.07 Å². The molecular weight excluding hydrogens is 282 g/mol.